The number of likely N-dealkylation sites (tertiary alicyclic amines) is 1. The number of hydrogen-bond acceptors (Lipinski definition) is 5. The Kier molecular flexibility index (Phi) is 5.27. The Labute approximate surface area is 145 Å². The Morgan fingerprint density at radius 1 is 1.25 bits per heavy atom. The lowest BCUT2D eigenvalue weighted by molar-refractivity contribution is -0.384. The molecule has 1 fully saturated rings. The fraction of sp³-hybridized carbons (Fsp3) is 0.353. The quantitative estimate of drug-likeness (QED) is 0.660. The van der Waals surface area contributed by atoms with Crippen LogP contribution in [0.1, 0.15) is 18.4 Å². The number of nitro groups is 1. The fourth-order valence-corrected chi connectivity index (χ4v) is 3.06. The molecule has 0 amide bonds. The van der Waals surface area contributed by atoms with Crippen molar-refractivity contribution in [3.63, 3.8) is 0 Å². The van der Waals surface area contributed by atoms with Gasteiger partial charge in [0.25, 0.3) is 0 Å². The van der Waals surface area contributed by atoms with Crippen molar-refractivity contribution < 1.29 is 4.92 Å². The Hall–Kier alpha value is -2.18. The minimum Gasteiger partial charge on any atom is -0.362 e. The highest BCUT2D eigenvalue weighted by Gasteiger charge is 2.22. The van der Waals surface area contributed by atoms with Gasteiger partial charge < -0.3 is 5.32 Å². The third-order valence-corrected chi connectivity index (χ3v) is 4.48. The molecule has 7 heteroatoms. The van der Waals surface area contributed by atoms with Crippen molar-refractivity contribution in [2.75, 3.05) is 18.4 Å². The Morgan fingerprint density at radius 3 is 2.62 bits per heavy atom. The lowest BCUT2D eigenvalue weighted by atomic mass is 10.0. The molecule has 24 heavy (non-hydrogen) atoms. The van der Waals surface area contributed by atoms with Gasteiger partial charge in [-0.25, -0.2) is 4.98 Å². The van der Waals surface area contributed by atoms with Gasteiger partial charge in [0.1, 0.15) is 0 Å². The topological polar surface area (TPSA) is 71.3 Å². The molecule has 3 rings (SSSR count). The first-order valence-electron chi connectivity index (χ1n) is 7.94. The summed E-state index contributed by atoms with van der Waals surface area (Å²) in [6.07, 6.45) is 3.44. The predicted octanol–water partition coefficient (Wildman–Crippen LogP) is 3.72. The SMILES string of the molecule is O=[N+]([O-])c1cccnc1NC1CCN(Cc2ccc(Cl)cc2)CC1. The predicted molar refractivity (Wildman–Crippen MR) is 94.3 cm³/mol. The number of nitrogens with zero attached hydrogens (tertiary/aromatic N) is 3. The maximum absolute atomic E-state index is 11.1. The van der Waals surface area contributed by atoms with Crippen LogP contribution in [0.25, 0.3) is 0 Å². The second kappa shape index (κ2) is 7.59. The lowest BCUT2D eigenvalue weighted by Crippen LogP contribution is -2.38. The van der Waals surface area contributed by atoms with Gasteiger partial charge in [-0.05, 0) is 36.6 Å². The van der Waals surface area contributed by atoms with E-state index in [1.807, 2.05) is 24.3 Å². The van der Waals surface area contributed by atoms with Gasteiger partial charge in [0, 0.05) is 43.0 Å². The van der Waals surface area contributed by atoms with E-state index in [0.29, 0.717) is 5.82 Å². The van der Waals surface area contributed by atoms with E-state index in [-0.39, 0.29) is 11.7 Å². The van der Waals surface area contributed by atoms with E-state index in [4.69, 9.17) is 11.6 Å². The molecule has 2 heterocycles. The molecule has 126 valence electrons. The van der Waals surface area contributed by atoms with Crippen molar-refractivity contribution in [1.29, 1.82) is 0 Å². The van der Waals surface area contributed by atoms with Crippen LogP contribution in [0.15, 0.2) is 42.6 Å². The average molecular weight is 347 g/mol. The van der Waals surface area contributed by atoms with E-state index in [2.05, 4.69) is 15.2 Å². The molecular formula is C17H19ClN4O2. The van der Waals surface area contributed by atoms with E-state index in [1.165, 1.54) is 11.6 Å². The van der Waals surface area contributed by atoms with Crippen LogP contribution in [-0.4, -0.2) is 33.9 Å². The van der Waals surface area contributed by atoms with Crippen LogP contribution in [0.3, 0.4) is 0 Å². The normalized spacial score (nSPS) is 16.0. The smallest absolute Gasteiger partial charge is 0.311 e. The molecule has 1 aromatic heterocycles. The van der Waals surface area contributed by atoms with Gasteiger partial charge in [0.05, 0.1) is 4.92 Å². The van der Waals surface area contributed by atoms with Crippen molar-refractivity contribution in [2.24, 2.45) is 0 Å². The molecule has 2 aromatic rings. The molecule has 0 unspecified atom stereocenters. The zero-order valence-electron chi connectivity index (χ0n) is 13.2. The molecule has 1 aliphatic rings. The summed E-state index contributed by atoms with van der Waals surface area (Å²) >= 11 is 5.91. The summed E-state index contributed by atoms with van der Waals surface area (Å²) in [6.45, 7) is 2.79. The van der Waals surface area contributed by atoms with Crippen LogP contribution in [0.4, 0.5) is 11.5 Å². The Morgan fingerprint density at radius 2 is 1.96 bits per heavy atom. The molecule has 1 saturated heterocycles. The molecule has 1 aromatic carbocycles. The van der Waals surface area contributed by atoms with Gasteiger partial charge in [-0.2, -0.15) is 0 Å². The zero-order valence-corrected chi connectivity index (χ0v) is 13.9. The van der Waals surface area contributed by atoms with Gasteiger partial charge in [-0.15, -0.1) is 0 Å². The number of halogens is 1. The highest BCUT2D eigenvalue weighted by Crippen LogP contribution is 2.24. The average Bonchev–Trinajstić information content (AvgIpc) is 2.59. The van der Waals surface area contributed by atoms with E-state index >= 15 is 0 Å². The van der Waals surface area contributed by atoms with Crippen LogP contribution in [0.2, 0.25) is 5.02 Å². The summed E-state index contributed by atoms with van der Waals surface area (Å²) in [4.78, 5) is 17.1. The number of nitrogens with one attached hydrogen (secondary N) is 1. The molecular weight excluding hydrogens is 328 g/mol. The lowest BCUT2D eigenvalue weighted by Gasteiger charge is -2.32. The molecule has 0 spiro atoms. The number of benzene rings is 1. The Bertz CT molecular complexity index is 700. The number of piperidine rings is 1. The first-order chi connectivity index (χ1) is 11.6. The van der Waals surface area contributed by atoms with Gasteiger partial charge >= 0.3 is 5.69 Å². The van der Waals surface area contributed by atoms with Crippen molar-refractivity contribution in [1.82, 2.24) is 9.88 Å². The zero-order chi connectivity index (χ0) is 16.9. The largest absolute Gasteiger partial charge is 0.362 e. The van der Waals surface area contributed by atoms with Crippen LogP contribution >= 0.6 is 11.6 Å². The van der Waals surface area contributed by atoms with Crippen molar-refractivity contribution in [3.8, 4) is 0 Å². The maximum atomic E-state index is 11.1. The number of anilines is 1. The summed E-state index contributed by atoms with van der Waals surface area (Å²) in [6, 6.07) is 11.2. The first-order valence-corrected chi connectivity index (χ1v) is 8.32. The second-order valence-corrected chi connectivity index (χ2v) is 6.39. The molecule has 0 aliphatic carbocycles. The maximum Gasteiger partial charge on any atom is 0.311 e. The highest BCUT2D eigenvalue weighted by atomic mass is 35.5. The van der Waals surface area contributed by atoms with Gasteiger partial charge in [-0.3, -0.25) is 15.0 Å². The number of aromatic nitrogens is 1. The van der Waals surface area contributed by atoms with Gasteiger partial charge in [0.15, 0.2) is 0 Å². The van der Waals surface area contributed by atoms with Crippen LogP contribution in [-0.2, 0) is 6.54 Å². The standard InChI is InChI=1S/C17H19ClN4O2/c18-14-5-3-13(4-6-14)12-21-10-7-15(8-11-21)20-17-16(22(23)24)2-1-9-19-17/h1-6,9,15H,7-8,10-12H2,(H,19,20). The Balaban J connectivity index is 1.54. The summed E-state index contributed by atoms with van der Waals surface area (Å²) in [5.74, 6) is 0.360. The van der Waals surface area contributed by atoms with E-state index < -0.39 is 4.92 Å². The number of rotatable bonds is 5. The third kappa shape index (κ3) is 4.21. The van der Waals surface area contributed by atoms with Crippen molar-refractivity contribution in [3.05, 3.63) is 63.3 Å². The molecule has 0 atom stereocenters. The molecule has 1 N–H and O–H groups in total. The van der Waals surface area contributed by atoms with Crippen LogP contribution < -0.4 is 5.32 Å². The fourth-order valence-electron chi connectivity index (χ4n) is 2.93. The molecule has 6 nitrogen and oxygen atoms in total. The van der Waals surface area contributed by atoms with Crippen LogP contribution in [0.5, 0.6) is 0 Å². The number of hydrogen-bond donors (Lipinski definition) is 1. The van der Waals surface area contributed by atoms with Gasteiger partial charge in [-0.1, -0.05) is 23.7 Å². The first kappa shape index (κ1) is 16.7. The summed E-state index contributed by atoms with van der Waals surface area (Å²) in [5, 5.41) is 15.0. The van der Waals surface area contributed by atoms with Crippen LogP contribution in [0, 0.1) is 10.1 Å². The van der Waals surface area contributed by atoms with E-state index in [9.17, 15) is 10.1 Å². The monoisotopic (exact) mass is 346 g/mol. The number of pyridine rings is 1. The summed E-state index contributed by atoms with van der Waals surface area (Å²) in [5.41, 5.74) is 1.27. The molecule has 0 saturated carbocycles. The highest BCUT2D eigenvalue weighted by molar-refractivity contribution is 6.30. The molecule has 0 bridgehead atoms. The second-order valence-electron chi connectivity index (χ2n) is 5.95. The summed E-state index contributed by atoms with van der Waals surface area (Å²) < 4.78 is 0. The van der Waals surface area contributed by atoms with Crippen molar-refractivity contribution >= 4 is 23.1 Å². The minimum absolute atomic E-state index is 0.0288. The third-order valence-electron chi connectivity index (χ3n) is 4.23. The van der Waals surface area contributed by atoms with Crippen molar-refractivity contribution in [2.45, 2.75) is 25.4 Å². The minimum atomic E-state index is -0.398. The van der Waals surface area contributed by atoms with E-state index in [1.54, 1.807) is 12.3 Å². The van der Waals surface area contributed by atoms with E-state index in [0.717, 1.165) is 37.5 Å². The summed E-state index contributed by atoms with van der Waals surface area (Å²) in [7, 11) is 0. The molecule has 0 radical (unpaired) electrons. The molecule has 1 aliphatic heterocycles. The van der Waals surface area contributed by atoms with Gasteiger partial charge in [0.2, 0.25) is 5.82 Å².